The van der Waals surface area contributed by atoms with E-state index in [0.717, 1.165) is 22.5 Å². The molecule has 0 fully saturated rings. The molecule has 0 radical (unpaired) electrons. The summed E-state index contributed by atoms with van der Waals surface area (Å²) in [5, 5.41) is 3.31. The first-order valence-electron chi connectivity index (χ1n) is 6.97. The Labute approximate surface area is 125 Å². The fourth-order valence-electron chi connectivity index (χ4n) is 1.97. The molecule has 2 aromatic rings. The number of benzene rings is 2. The Bertz CT molecular complexity index is 633. The lowest BCUT2D eigenvalue weighted by molar-refractivity contribution is -0.137. The molecule has 0 aliphatic carbocycles. The molecule has 0 unspecified atom stereocenters. The fourth-order valence-corrected chi connectivity index (χ4v) is 1.97. The maximum Gasteiger partial charge on any atom is 0.332 e. The molecule has 2 aromatic carbocycles. The van der Waals surface area contributed by atoms with Gasteiger partial charge in [-0.3, -0.25) is 0 Å². The molecule has 3 heteroatoms. The van der Waals surface area contributed by atoms with Gasteiger partial charge in [-0.15, -0.1) is 0 Å². The van der Waals surface area contributed by atoms with Crippen LogP contribution in [0.5, 0.6) is 0 Å². The molecular weight excluding hydrogens is 262 g/mol. The SMILES string of the molecule is CCOC(=O)/C=C(\Nc1ccccc1C)c1ccccc1. The van der Waals surface area contributed by atoms with Crippen molar-refractivity contribution in [1.82, 2.24) is 0 Å². The van der Waals surface area contributed by atoms with Crippen LogP contribution in [0.15, 0.2) is 60.7 Å². The lowest BCUT2D eigenvalue weighted by Crippen LogP contribution is -2.06. The Hall–Kier alpha value is -2.55. The summed E-state index contributed by atoms with van der Waals surface area (Å²) >= 11 is 0. The third kappa shape index (κ3) is 4.21. The van der Waals surface area contributed by atoms with Crippen LogP contribution in [0.1, 0.15) is 18.1 Å². The van der Waals surface area contributed by atoms with Crippen LogP contribution in [0.25, 0.3) is 5.70 Å². The highest BCUT2D eigenvalue weighted by Crippen LogP contribution is 2.21. The zero-order valence-electron chi connectivity index (χ0n) is 12.3. The van der Waals surface area contributed by atoms with E-state index in [9.17, 15) is 4.79 Å². The smallest absolute Gasteiger partial charge is 0.332 e. The van der Waals surface area contributed by atoms with E-state index in [2.05, 4.69) is 5.32 Å². The average Bonchev–Trinajstić information content (AvgIpc) is 2.50. The topological polar surface area (TPSA) is 38.3 Å². The molecule has 108 valence electrons. The van der Waals surface area contributed by atoms with Crippen molar-refractivity contribution in [3.05, 3.63) is 71.8 Å². The van der Waals surface area contributed by atoms with Gasteiger partial charge in [0.05, 0.1) is 12.3 Å². The van der Waals surface area contributed by atoms with E-state index in [4.69, 9.17) is 4.74 Å². The number of carbonyl (C=O) groups is 1. The number of ether oxygens (including phenoxy) is 1. The van der Waals surface area contributed by atoms with Gasteiger partial charge in [-0.1, -0.05) is 48.5 Å². The highest BCUT2D eigenvalue weighted by molar-refractivity contribution is 5.94. The zero-order chi connectivity index (χ0) is 15.1. The van der Waals surface area contributed by atoms with Crippen molar-refractivity contribution in [3.63, 3.8) is 0 Å². The molecule has 0 amide bonds. The van der Waals surface area contributed by atoms with Gasteiger partial charge in [-0.05, 0) is 31.0 Å². The second-order valence-electron chi connectivity index (χ2n) is 4.62. The second kappa shape index (κ2) is 7.29. The van der Waals surface area contributed by atoms with E-state index in [1.165, 1.54) is 6.08 Å². The molecule has 0 spiro atoms. The quantitative estimate of drug-likeness (QED) is 0.664. The normalized spacial score (nSPS) is 11.0. The molecule has 21 heavy (non-hydrogen) atoms. The largest absolute Gasteiger partial charge is 0.463 e. The number of hydrogen-bond acceptors (Lipinski definition) is 3. The molecule has 3 nitrogen and oxygen atoms in total. The van der Waals surface area contributed by atoms with Gasteiger partial charge in [0.25, 0.3) is 0 Å². The number of carbonyl (C=O) groups excluding carboxylic acids is 1. The monoisotopic (exact) mass is 281 g/mol. The number of esters is 1. The van der Waals surface area contributed by atoms with Crippen LogP contribution < -0.4 is 5.32 Å². The van der Waals surface area contributed by atoms with Crippen molar-refractivity contribution >= 4 is 17.4 Å². The molecule has 0 atom stereocenters. The predicted molar refractivity (Wildman–Crippen MR) is 85.9 cm³/mol. The molecule has 1 N–H and O–H groups in total. The maximum absolute atomic E-state index is 11.8. The summed E-state index contributed by atoms with van der Waals surface area (Å²) in [7, 11) is 0. The van der Waals surface area contributed by atoms with E-state index in [1.807, 2.05) is 61.5 Å². The van der Waals surface area contributed by atoms with Gasteiger partial charge in [-0.25, -0.2) is 4.79 Å². The number of aryl methyl sites for hydroxylation is 1. The van der Waals surface area contributed by atoms with Crippen molar-refractivity contribution in [1.29, 1.82) is 0 Å². The number of nitrogens with one attached hydrogen (secondary N) is 1. The number of anilines is 1. The van der Waals surface area contributed by atoms with Gasteiger partial charge < -0.3 is 10.1 Å². The third-order valence-corrected chi connectivity index (χ3v) is 3.05. The summed E-state index contributed by atoms with van der Waals surface area (Å²) in [6, 6.07) is 17.7. The number of rotatable bonds is 5. The van der Waals surface area contributed by atoms with E-state index in [0.29, 0.717) is 6.61 Å². The van der Waals surface area contributed by atoms with Gasteiger partial charge in [0.1, 0.15) is 0 Å². The molecule has 0 aliphatic heterocycles. The number of para-hydroxylation sites is 1. The van der Waals surface area contributed by atoms with Crippen LogP contribution >= 0.6 is 0 Å². The van der Waals surface area contributed by atoms with Gasteiger partial charge in [0, 0.05) is 11.8 Å². The van der Waals surface area contributed by atoms with E-state index in [-0.39, 0.29) is 5.97 Å². The van der Waals surface area contributed by atoms with Crippen molar-refractivity contribution in [2.24, 2.45) is 0 Å². The van der Waals surface area contributed by atoms with Crippen molar-refractivity contribution < 1.29 is 9.53 Å². The lowest BCUT2D eigenvalue weighted by Gasteiger charge is -2.13. The van der Waals surface area contributed by atoms with Gasteiger partial charge in [0.2, 0.25) is 0 Å². The summed E-state index contributed by atoms with van der Waals surface area (Å²) in [5.41, 5.74) is 3.75. The van der Waals surface area contributed by atoms with Crippen LogP contribution in [0.3, 0.4) is 0 Å². The molecular formula is C18H19NO2. The molecule has 0 saturated carbocycles. The predicted octanol–water partition coefficient (Wildman–Crippen LogP) is 4.01. The first-order valence-corrected chi connectivity index (χ1v) is 6.97. The summed E-state index contributed by atoms with van der Waals surface area (Å²) in [6.07, 6.45) is 1.49. The Balaban J connectivity index is 2.33. The fraction of sp³-hybridized carbons (Fsp3) is 0.167. The molecule has 0 saturated heterocycles. The summed E-state index contributed by atoms with van der Waals surface area (Å²) < 4.78 is 5.01. The Morgan fingerprint density at radius 1 is 1.10 bits per heavy atom. The third-order valence-electron chi connectivity index (χ3n) is 3.05. The minimum atomic E-state index is -0.350. The van der Waals surface area contributed by atoms with E-state index >= 15 is 0 Å². The van der Waals surface area contributed by atoms with Gasteiger partial charge >= 0.3 is 5.97 Å². The highest BCUT2D eigenvalue weighted by Gasteiger charge is 2.07. The van der Waals surface area contributed by atoms with Crippen molar-refractivity contribution in [2.45, 2.75) is 13.8 Å². The lowest BCUT2D eigenvalue weighted by atomic mass is 10.1. The summed E-state index contributed by atoms with van der Waals surface area (Å²) in [5.74, 6) is -0.350. The summed E-state index contributed by atoms with van der Waals surface area (Å²) in [4.78, 5) is 11.8. The molecule has 0 heterocycles. The van der Waals surface area contributed by atoms with Crippen LogP contribution in [-0.2, 0) is 9.53 Å². The Morgan fingerprint density at radius 2 is 1.76 bits per heavy atom. The van der Waals surface area contributed by atoms with Gasteiger partial charge in [-0.2, -0.15) is 0 Å². The van der Waals surface area contributed by atoms with Gasteiger partial charge in [0.15, 0.2) is 0 Å². The minimum Gasteiger partial charge on any atom is -0.463 e. The maximum atomic E-state index is 11.8. The van der Waals surface area contributed by atoms with Crippen molar-refractivity contribution in [3.8, 4) is 0 Å². The Kier molecular flexibility index (Phi) is 5.16. The first-order chi connectivity index (χ1) is 10.2. The van der Waals surface area contributed by atoms with E-state index < -0.39 is 0 Å². The molecule has 0 bridgehead atoms. The van der Waals surface area contributed by atoms with Crippen molar-refractivity contribution in [2.75, 3.05) is 11.9 Å². The van der Waals surface area contributed by atoms with Crippen LogP contribution in [0.2, 0.25) is 0 Å². The standard InChI is InChI=1S/C18H19NO2/c1-3-21-18(20)13-17(15-10-5-4-6-11-15)19-16-12-8-7-9-14(16)2/h4-13,19H,3H2,1-2H3/b17-13-. The molecule has 0 aromatic heterocycles. The van der Waals surface area contributed by atoms with Crippen LogP contribution in [0.4, 0.5) is 5.69 Å². The van der Waals surface area contributed by atoms with Crippen LogP contribution in [-0.4, -0.2) is 12.6 Å². The second-order valence-corrected chi connectivity index (χ2v) is 4.62. The Morgan fingerprint density at radius 3 is 2.43 bits per heavy atom. The highest BCUT2D eigenvalue weighted by atomic mass is 16.5. The molecule has 2 rings (SSSR count). The van der Waals surface area contributed by atoms with Crippen LogP contribution in [0, 0.1) is 6.92 Å². The first kappa shape index (κ1) is 14.9. The zero-order valence-corrected chi connectivity index (χ0v) is 12.3. The minimum absolute atomic E-state index is 0.350. The summed E-state index contributed by atoms with van der Waals surface area (Å²) in [6.45, 7) is 4.18. The molecule has 0 aliphatic rings. The van der Waals surface area contributed by atoms with E-state index in [1.54, 1.807) is 6.92 Å². The average molecular weight is 281 g/mol. The number of hydrogen-bond donors (Lipinski definition) is 1.